The van der Waals surface area contributed by atoms with Gasteiger partial charge in [0.25, 0.3) is 0 Å². The van der Waals surface area contributed by atoms with E-state index >= 15 is 0 Å². The van der Waals surface area contributed by atoms with Crippen molar-refractivity contribution in [2.45, 2.75) is 11.8 Å². The molecular weight excluding hydrogens is 336 g/mol. The predicted octanol–water partition coefficient (Wildman–Crippen LogP) is 7.17. The van der Waals surface area contributed by atoms with Crippen molar-refractivity contribution in [3.05, 3.63) is 131 Å². The largest absolute Gasteiger partial charge is 0.0757 e. The van der Waals surface area contributed by atoms with Crippen molar-refractivity contribution < 1.29 is 0 Å². The van der Waals surface area contributed by atoms with Gasteiger partial charge < -0.3 is 0 Å². The van der Waals surface area contributed by atoms with Crippen LogP contribution in [0.2, 0.25) is 0 Å². The molecular formula is C28H20. The third-order valence-corrected chi connectivity index (χ3v) is 6.26. The highest BCUT2D eigenvalue weighted by molar-refractivity contribution is 5.81. The van der Waals surface area contributed by atoms with E-state index in [0.717, 1.165) is 0 Å². The Kier molecular flexibility index (Phi) is 3.39. The van der Waals surface area contributed by atoms with E-state index in [2.05, 4.69) is 109 Å². The monoisotopic (exact) mass is 356 g/mol. The normalized spacial score (nSPS) is 14.7. The minimum Gasteiger partial charge on any atom is -0.0757 e. The lowest BCUT2D eigenvalue weighted by atomic mass is 9.91. The summed E-state index contributed by atoms with van der Waals surface area (Å²) in [6.07, 6.45) is 4.85. The van der Waals surface area contributed by atoms with Crippen molar-refractivity contribution in [2.24, 2.45) is 0 Å². The molecule has 0 unspecified atom stereocenters. The molecule has 0 atom stereocenters. The molecule has 0 N–H and O–H groups in total. The molecule has 0 aliphatic heterocycles. The summed E-state index contributed by atoms with van der Waals surface area (Å²) >= 11 is 0. The second-order valence-corrected chi connectivity index (χ2v) is 7.69. The topological polar surface area (TPSA) is 0 Å². The van der Waals surface area contributed by atoms with Crippen LogP contribution in [0.15, 0.2) is 109 Å². The van der Waals surface area contributed by atoms with E-state index in [4.69, 9.17) is 0 Å². The summed E-state index contributed by atoms with van der Waals surface area (Å²) in [5.41, 5.74) is 11.2. The Bertz CT molecular complexity index is 1040. The Labute approximate surface area is 165 Å². The lowest BCUT2D eigenvalue weighted by molar-refractivity contribution is 1.01. The summed E-state index contributed by atoms with van der Waals surface area (Å²) in [5.74, 6) is 0.652. The van der Waals surface area contributed by atoms with Crippen molar-refractivity contribution in [3.8, 4) is 22.3 Å². The zero-order chi connectivity index (χ0) is 18.5. The number of fused-ring (bicyclic) bond motifs is 6. The zero-order valence-corrected chi connectivity index (χ0v) is 15.5. The van der Waals surface area contributed by atoms with Crippen LogP contribution in [-0.2, 0) is 0 Å². The number of rotatable bonds is 2. The van der Waals surface area contributed by atoms with Crippen LogP contribution in [0.4, 0.5) is 0 Å². The van der Waals surface area contributed by atoms with Gasteiger partial charge in [0.1, 0.15) is 0 Å². The summed E-state index contributed by atoms with van der Waals surface area (Å²) in [4.78, 5) is 0. The molecule has 4 aromatic rings. The Morgan fingerprint density at radius 1 is 0.357 bits per heavy atom. The highest BCUT2D eigenvalue weighted by Gasteiger charge is 2.29. The molecule has 132 valence electrons. The SMILES string of the molecule is C(=CC1c2ccccc2-c2ccccc21)C1c2ccccc2-c2ccccc21. The minimum absolute atomic E-state index is 0.326. The van der Waals surface area contributed by atoms with E-state index in [9.17, 15) is 0 Å². The molecule has 0 heteroatoms. The molecule has 0 radical (unpaired) electrons. The molecule has 0 bridgehead atoms. The second-order valence-electron chi connectivity index (χ2n) is 7.69. The highest BCUT2D eigenvalue weighted by Crippen LogP contribution is 2.48. The van der Waals surface area contributed by atoms with Gasteiger partial charge in [-0.1, -0.05) is 109 Å². The van der Waals surface area contributed by atoms with Crippen molar-refractivity contribution >= 4 is 0 Å². The summed E-state index contributed by atoms with van der Waals surface area (Å²) in [6, 6.07) is 35.3. The molecule has 2 aliphatic rings. The first kappa shape index (κ1) is 15.7. The minimum atomic E-state index is 0.326. The Hall–Kier alpha value is -3.38. The van der Waals surface area contributed by atoms with Crippen LogP contribution in [0.3, 0.4) is 0 Å². The fourth-order valence-electron chi connectivity index (χ4n) is 5.03. The van der Waals surface area contributed by atoms with Gasteiger partial charge in [-0.3, -0.25) is 0 Å². The van der Waals surface area contributed by atoms with E-state index in [1.807, 2.05) is 0 Å². The third-order valence-electron chi connectivity index (χ3n) is 6.26. The zero-order valence-electron chi connectivity index (χ0n) is 15.5. The van der Waals surface area contributed by atoms with Gasteiger partial charge in [-0.05, 0) is 44.5 Å². The van der Waals surface area contributed by atoms with E-state index < -0.39 is 0 Å². The van der Waals surface area contributed by atoms with Crippen LogP contribution in [0.25, 0.3) is 22.3 Å². The summed E-state index contributed by atoms with van der Waals surface area (Å²) in [5, 5.41) is 0. The van der Waals surface area contributed by atoms with Crippen molar-refractivity contribution in [3.63, 3.8) is 0 Å². The van der Waals surface area contributed by atoms with Gasteiger partial charge in [0.15, 0.2) is 0 Å². The molecule has 4 aromatic carbocycles. The van der Waals surface area contributed by atoms with Crippen LogP contribution in [-0.4, -0.2) is 0 Å². The van der Waals surface area contributed by atoms with Gasteiger partial charge in [-0.2, -0.15) is 0 Å². The van der Waals surface area contributed by atoms with E-state index in [-0.39, 0.29) is 0 Å². The Morgan fingerprint density at radius 3 is 0.893 bits per heavy atom. The fraction of sp³-hybridized carbons (Fsp3) is 0.0714. The smallest absolute Gasteiger partial charge is 0.0282 e. The summed E-state index contributed by atoms with van der Waals surface area (Å²) in [6.45, 7) is 0. The van der Waals surface area contributed by atoms with Gasteiger partial charge >= 0.3 is 0 Å². The quantitative estimate of drug-likeness (QED) is 0.334. The fourth-order valence-corrected chi connectivity index (χ4v) is 5.03. The van der Waals surface area contributed by atoms with E-state index in [1.165, 1.54) is 44.5 Å². The molecule has 0 nitrogen and oxygen atoms in total. The van der Waals surface area contributed by atoms with Gasteiger partial charge in [-0.15, -0.1) is 0 Å². The lowest BCUT2D eigenvalue weighted by Gasteiger charge is -2.12. The molecule has 0 amide bonds. The predicted molar refractivity (Wildman–Crippen MR) is 117 cm³/mol. The first-order valence-corrected chi connectivity index (χ1v) is 9.96. The van der Waals surface area contributed by atoms with Gasteiger partial charge in [0, 0.05) is 11.8 Å². The number of benzene rings is 4. The van der Waals surface area contributed by atoms with E-state index in [1.54, 1.807) is 0 Å². The van der Waals surface area contributed by atoms with Crippen LogP contribution in [0.1, 0.15) is 34.1 Å². The third kappa shape index (κ3) is 2.18. The molecule has 28 heavy (non-hydrogen) atoms. The van der Waals surface area contributed by atoms with Crippen LogP contribution < -0.4 is 0 Å². The average Bonchev–Trinajstić information content (AvgIpc) is 3.26. The molecule has 2 aliphatic carbocycles. The van der Waals surface area contributed by atoms with Crippen molar-refractivity contribution in [1.82, 2.24) is 0 Å². The molecule has 0 heterocycles. The molecule has 0 fully saturated rings. The van der Waals surface area contributed by atoms with Gasteiger partial charge in [-0.25, -0.2) is 0 Å². The van der Waals surface area contributed by atoms with Gasteiger partial charge in [0.05, 0.1) is 0 Å². The highest BCUT2D eigenvalue weighted by atomic mass is 14.3. The maximum Gasteiger partial charge on any atom is 0.0282 e. The molecule has 0 saturated carbocycles. The van der Waals surface area contributed by atoms with Crippen molar-refractivity contribution in [1.29, 1.82) is 0 Å². The standard InChI is InChI=1S/C28H20/c1-5-13-23-19(9-1)20-10-2-6-14-24(20)27(23)17-18-28-25-15-7-3-11-21(25)22-12-4-8-16-26(22)28/h1-18,27-28H. The number of hydrogen-bond acceptors (Lipinski definition) is 0. The van der Waals surface area contributed by atoms with Gasteiger partial charge in [0.2, 0.25) is 0 Å². The first-order valence-electron chi connectivity index (χ1n) is 9.96. The number of allylic oxidation sites excluding steroid dienone is 2. The van der Waals surface area contributed by atoms with E-state index in [0.29, 0.717) is 11.8 Å². The average molecular weight is 356 g/mol. The molecule has 0 saturated heterocycles. The number of hydrogen-bond donors (Lipinski definition) is 0. The van der Waals surface area contributed by atoms with Crippen LogP contribution in [0.5, 0.6) is 0 Å². The molecule has 0 aromatic heterocycles. The Morgan fingerprint density at radius 2 is 0.607 bits per heavy atom. The summed E-state index contributed by atoms with van der Waals surface area (Å²) < 4.78 is 0. The van der Waals surface area contributed by atoms with Crippen LogP contribution >= 0.6 is 0 Å². The first-order chi connectivity index (χ1) is 13.9. The molecule has 6 rings (SSSR count). The van der Waals surface area contributed by atoms with Crippen molar-refractivity contribution in [2.75, 3.05) is 0 Å². The maximum atomic E-state index is 2.42. The molecule has 0 spiro atoms. The second kappa shape index (κ2) is 6.07. The Balaban J connectivity index is 1.47. The van der Waals surface area contributed by atoms with Crippen LogP contribution in [0, 0.1) is 0 Å². The lowest BCUT2D eigenvalue weighted by Crippen LogP contribution is -1.96. The summed E-state index contributed by atoms with van der Waals surface area (Å²) in [7, 11) is 0. The maximum absolute atomic E-state index is 2.42.